The third kappa shape index (κ3) is 3.01. The van der Waals surface area contributed by atoms with E-state index in [2.05, 4.69) is 15.3 Å². The minimum atomic E-state index is -0.423. The Labute approximate surface area is 132 Å². The Morgan fingerprint density at radius 3 is 2.95 bits per heavy atom. The number of aromatic nitrogens is 5. The van der Waals surface area contributed by atoms with E-state index in [9.17, 15) is 4.39 Å². The maximum absolute atomic E-state index is 12.5. The second-order valence-corrected chi connectivity index (χ2v) is 5.41. The quantitative estimate of drug-likeness (QED) is 0.726. The van der Waals surface area contributed by atoms with Crippen molar-refractivity contribution in [1.82, 2.24) is 24.5 Å². The van der Waals surface area contributed by atoms with Crippen LogP contribution in [0.1, 0.15) is 17.1 Å². The molecule has 114 valence electrons. The molecular formula is C15H15ClFN5. The van der Waals surface area contributed by atoms with E-state index in [1.54, 1.807) is 10.9 Å². The SMILES string of the molecule is Cc1cc(-n2cc(Cn3ccnc3CCF)nn2)ccc1Cl. The van der Waals surface area contributed by atoms with Crippen LogP contribution in [-0.4, -0.2) is 31.2 Å². The summed E-state index contributed by atoms with van der Waals surface area (Å²) in [5, 5.41) is 9.01. The molecule has 0 bridgehead atoms. The summed E-state index contributed by atoms with van der Waals surface area (Å²) in [6, 6.07) is 5.68. The van der Waals surface area contributed by atoms with Gasteiger partial charge in [-0.05, 0) is 30.7 Å². The lowest BCUT2D eigenvalue weighted by atomic mass is 10.2. The maximum atomic E-state index is 12.5. The Morgan fingerprint density at radius 1 is 1.32 bits per heavy atom. The second kappa shape index (κ2) is 6.27. The van der Waals surface area contributed by atoms with Gasteiger partial charge in [-0.15, -0.1) is 5.10 Å². The summed E-state index contributed by atoms with van der Waals surface area (Å²) < 4.78 is 16.0. The van der Waals surface area contributed by atoms with Crippen molar-refractivity contribution in [2.75, 3.05) is 6.67 Å². The molecular weight excluding hydrogens is 305 g/mol. The van der Waals surface area contributed by atoms with Crippen molar-refractivity contribution in [3.8, 4) is 5.69 Å². The molecule has 0 amide bonds. The van der Waals surface area contributed by atoms with Crippen LogP contribution in [0.2, 0.25) is 5.02 Å². The van der Waals surface area contributed by atoms with Gasteiger partial charge >= 0.3 is 0 Å². The van der Waals surface area contributed by atoms with Crippen LogP contribution in [0.15, 0.2) is 36.8 Å². The fourth-order valence-electron chi connectivity index (χ4n) is 2.24. The van der Waals surface area contributed by atoms with Gasteiger partial charge in [0.1, 0.15) is 11.5 Å². The predicted molar refractivity (Wildman–Crippen MR) is 82.1 cm³/mol. The number of aryl methyl sites for hydroxylation is 2. The van der Waals surface area contributed by atoms with E-state index in [0.717, 1.165) is 22.0 Å². The zero-order valence-electron chi connectivity index (χ0n) is 12.1. The molecule has 0 unspecified atom stereocenters. The van der Waals surface area contributed by atoms with E-state index < -0.39 is 6.67 Å². The van der Waals surface area contributed by atoms with Crippen molar-refractivity contribution in [3.63, 3.8) is 0 Å². The maximum Gasteiger partial charge on any atom is 0.111 e. The number of rotatable bonds is 5. The zero-order valence-corrected chi connectivity index (χ0v) is 12.8. The lowest BCUT2D eigenvalue weighted by Crippen LogP contribution is -2.05. The van der Waals surface area contributed by atoms with Gasteiger partial charge in [-0.25, -0.2) is 9.67 Å². The molecule has 2 heterocycles. The van der Waals surface area contributed by atoms with E-state index in [1.807, 2.05) is 42.1 Å². The third-order valence-electron chi connectivity index (χ3n) is 3.40. The zero-order chi connectivity index (χ0) is 15.5. The topological polar surface area (TPSA) is 48.5 Å². The van der Waals surface area contributed by atoms with Crippen molar-refractivity contribution in [1.29, 1.82) is 0 Å². The van der Waals surface area contributed by atoms with E-state index in [1.165, 1.54) is 0 Å². The standard InChI is InChI=1S/C15H15ClFN5/c1-11-8-13(2-3-14(11)16)22-10-12(19-20-22)9-21-7-6-18-15(21)4-5-17/h2-3,6-8,10H,4-5,9H2,1H3. The van der Waals surface area contributed by atoms with Crippen molar-refractivity contribution in [2.45, 2.75) is 19.9 Å². The minimum absolute atomic E-state index is 0.303. The van der Waals surface area contributed by atoms with E-state index in [0.29, 0.717) is 18.8 Å². The van der Waals surface area contributed by atoms with Gasteiger partial charge in [-0.3, -0.25) is 4.39 Å². The Balaban J connectivity index is 1.81. The van der Waals surface area contributed by atoms with E-state index in [-0.39, 0.29) is 0 Å². The van der Waals surface area contributed by atoms with Crippen LogP contribution in [0, 0.1) is 6.92 Å². The number of imidazole rings is 1. The first-order chi connectivity index (χ1) is 10.7. The molecule has 0 spiro atoms. The summed E-state index contributed by atoms with van der Waals surface area (Å²) >= 11 is 6.03. The smallest absolute Gasteiger partial charge is 0.111 e. The van der Waals surface area contributed by atoms with Gasteiger partial charge in [0.05, 0.1) is 25.1 Å². The number of halogens is 2. The first kappa shape index (κ1) is 14.7. The molecule has 2 aromatic heterocycles. The van der Waals surface area contributed by atoms with Crippen molar-refractivity contribution >= 4 is 11.6 Å². The highest BCUT2D eigenvalue weighted by molar-refractivity contribution is 6.31. The average Bonchev–Trinajstić information content (AvgIpc) is 3.13. The van der Waals surface area contributed by atoms with E-state index >= 15 is 0 Å². The highest BCUT2D eigenvalue weighted by Crippen LogP contribution is 2.18. The molecule has 0 atom stereocenters. The van der Waals surface area contributed by atoms with Crippen LogP contribution < -0.4 is 0 Å². The molecule has 0 aliphatic rings. The van der Waals surface area contributed by atoms with Crippen LogP contribution >= 0.6 is 11.6 Å². The second-order valence-electron chi connectivity index (χ2n) is 5.00. The Hall–Kier alpha value is -2.21. The summed E-state index contributed by atoms with van der Waals surface area (Å²) in [7, 11) is 0. The van der Waals surface area contributed by atoms with Crippen molar-refractivity contribution in [2.24, 2.45) is 0 Å². The van der Waals surface area contributed by atoms with Crippen LogP contribution in [0.4, 0.5) is 4.39 Å². The lowest BCUT2D eigenvalue weighted by Gasteiger charge is -2.04. The van der Waals surface area contributed by atoms with Gasteiger partial charge in [0, 0.05) is 23.8 Å². The van der Waals surface area contributed by atoms with Crippen LogP contribution in [0.3, 0.4) is 0 Å². The molecule has 0 N–H and O–H groups in total. The van der Waals surface area contributed by atoms with Crippen LogP contribution in [0.25, 0.3) is 5.69 Å². The number of hydrogen-bond acceptors (Lipinski definition) is 3. The minimum Gasteiger partial charge on any atom is -0.329 e. The summed E-state index contributed by atoms with van der Waals surface area (Å²) in [6.45, 7) is 2.04. The first-order valence-corrected chi connectivity index (χ1v) is 7.29. The van der Waals surface area contributed by atoms with Gasteiger partial charge in [-0.1, -0.05) is 16.8 Å². The molecule has 5 nitrogen and oxygen atoms in total. The fourth-order valence-corrected chi connectivity index (χ4v) is 2.36. The highest BCUT2D eigenvalue weighted by Gasteiger charge is 2.08. The van der Waals surface area contributed by atoms with E-state index in [4.69, 9.17) is 11.6 Å². The molecule has 0 saturated heterocycles. The molecule has 0 fully saturated rings. The van der Waals surface area contributed by atoms with Gasteiger partial charge < -0.3 is 4.57 Å². The van der Waals surface area contributed by atoms with Gasteiger partial charge in [0.15, 0.2) is 0 Å². The lowest BCUT2D eigenvalue weighted by molar-refractivity contribution is 0.480. The predicted octanol–water partition coefficient (Wildman–Crippen LogP) is 2.99. The van der Waals surface area contributed by atoms with Crippen molar-refractivity contribution in [3.05, 3.63) is 58.9 Å². The highest BCUT2D eigenvalue weighted by atomic mass is 35.5. The third-order valence-corrected chi connectivity index (χ3v) is 3.82. The average molecular weight is 320 g/mol. The Bertz CT molecular complexity index is 780. The first-order valence-electron chi connectivity index (χ1n) is 6.91. The molecule has 0 aliphatic heterocycles. The number of nitrogens with zero attached hydrogens (tertiary/aromatic N) is 5. The molecule has 0 aliphatic carbocycles. The molecule has 7 heteroatoms. The normalized spacial score (nSPS) is 11.0. The fraction of sp³-hybridized carbons (Fsp3) is 0.267. The largest absolute Gasteiger partial charge is 0.329 e. The summed E-state index contributed by atoms with van der Waals surface area (Å²) in [4.78, 5) is 4.14. The number of hydrogen-bond donors (Lipinski definition) is 0. The number of benzene rings is 1. The summed E-state index contributed by atoms with van der Waals surface area (Å²) in [6.07, 6.45) is 5.63. The molecule has 3 aromatic rings. The van der Waals surface area contributed by atoms with Crippen molar-refractivity contribution < 1.29 is 4.39 Å². The van der Waals surface area contributed by atoms with Gasteiger partial charge in [0.25, 0.3) is 0 Å². The van der Waals surface area contributed by atoms with Crippen LogP contribution in [0.5, 0.6) is 0 Å². The van der Waals surface area contributed by atoms with Gasteiger partial charge in [0.2, 0.25) is 0 Å². The summed E-state index contributed by atoms with van der Waals surface area (Å²) in [5.74, 6) is 0.708. The molecule has 0 radical (unpaired) electrons. The van der Waals surface area contributed by atoms with Crippen LogP contribution in [-0.2, 0) is 13.0 Å². The Morgan fingerprint density at radius 2 is 2.18 bits per heavy atom. The number of alkyl halides is 1. The molecule has 1 aromatic carbocycles. The molecule has 0 saturated carbocycles. The van der Waals surface area contributed by atoms with Gasteiger partial charge in [-0.2, -0.15) is 0 Å². The Kier molecular flexibility index (Phi) is 4.20. The molecule has 3 rings (SSSR count). The molecule has 22 heavy (non-hydrogen) atoms. The summed E-state index contributed by atoms with van der Waals surface area (Å²) in [5.41, 5.74) is 2.66. The monoisotopic (exact) mass is 319 g/mol.